The van der Waals surface area contributed by atoms with Crippen LogP contribution in [0.5, 0.6) is 0 Å². The predicted molar refractivity (Wildman–Crippen MR) is 71.0 cm³/mol. The van der Waals surface area contributed by atoms with E-state index in [1.54, 1.807) is 0 Å². The van der Waals surface area contributed by atoms with E-state index < -0.39 is 0 Å². The molecule has 3 nitrogen and oxygen atoms in total. The highest BCUT2D eigenvalue weighted by Gasteiger charge is 2.11. The molecule has 0 aliphatic carbocycles. The molecule has 0 aliphatic heterocycles. The molecule has 3 heteroatoms. The average Bonchev–Trinajstić information content (AvgIpc) is 2.73. The molecule has 1 aromatic carbocycles. The molecule has 0 unspecified atom stereocenters. The monoisotopic (exact) mass is 232 g/mol. The Morgan fingerprint density at radius 3 is 2.88 bits per heavy atom. The van der Waals surface area contributed by atoms with Gasteiger partial charge in [-0.3, -0.25) is 0 Å². The van der Waals surface area contributed by atoms with Crippen molar-refractivity contribution >= 4 is 11.0 Å². The van der Waals surface area contributed by atoms with Crippen LogP contribution in [0.4, 0.5) is 0 Å². The molecule has 0 radical (unpaired) electrons. The molecule has 2 aromatic rings. The number of aryl methyl sites for hydroxylation is 1. The quantitative estimate of drug-likeness (QED) is 0.752. The van der Waals surface area contributed by atoms with Crippen LogP contribution in [-0.2, 0) is 13.0 Å². The van der Waals surface area contributed by atoms with Crippen molar-refractivity contribution in [1.29, 1.82) is 0 Å². The van der Waals surface area contributed by atoms with E-state index in [9.17, 15) is 0 Å². The lowest BCUT2D eigenvalue weighted by Gasteiger charge is -2.04. The summed E-state index contributed by atoms with van der Waals surface area (Å²) in [5.74, 6) is 1.09. The number of nitrogens with two attached hydrogens (primary N) is 1. The summed E-state index contributed by atoms with van der Waals surface area (Å²) in [5.41, 5.74) is 7.75. The summed E-state index contributed by atoms with van der Waals surface area (Å²) in [5, 5.41) is 4.64. The predicted octanol–water partition coefficient (Wildman–Crippen LogP) is 2.43. The molecule has 17 heavy (non-hydrogen) atoms. The number of para-hydroxylation sites is 1. The zero-order valence-corrected chi connectivity index (χ0v) is 10.3. The molecule has 0 saturated carbocycles. The molecule has 2 rings (SSSR count). The maximum absolute atomic E-state index is 5.84. The van der Waals surface area contributed by atoms with Crippen LogP contribution in [-0.4, -0.2) is 13.1 Å². The number of furan rings is 1. The summed E-state index contributed by atoms with van der Waals surface area (Å²) in [6, 6.07) is 8.22. The highest BCUT2D eigenvalue weighted by molar-refractivity contribution is 5.82. The molecule has 0 bridgehead atoms. The van der Waals surface area contributed by atoms with Gasteiger partial charge in [-0.1, -0.05) is 25.1 Å². The summed E-state index contributed by atoms with van der Waals surface area (Å²) in [6.45, 7) is 4.68. The van der Waals surface area contributed by atoms with Crippen molar-refractivity contribution in [2.45, 2.75) is 26.3 Å². The van der Waals surface area contributed by atoms with Crippen LogP contribution in [0.15, 0.2) is 28.7 Å². The fourth-order valence-electron chi connectivity index (χ4n) is 2.07. The minimum atomic E-state index is 0.736. The Hall–Kier alpha value is -1.32. The first-order chi connectivity index (χ1) is 8.36. The van der Waals surface area contributed by atoms with Gasteiger partial charge >= 0.3 is 0 Å². The van der Waals surface area contributed by atoms with Crippen molar-refractivity contribution in [3.63, 3.8) is 0 Å². The molecule has 0 spiro atoms. The number of hydrogen-bond donors (Lipinski definition) is 2. The van der Waals surface area contributed by atoms with Gasteiger partial charge in [0.1, 0.15) is 11.3 Å². The Bertz CT molecular complexity index is 476. The van der Waals surface area contributed by atoms with E-state index in [1.165, 1.54) is 10.9 Å². The Kier molecular flexibility index (Phi) is 4.18. The molecule has 1 heterocycles. The van der Waals surface area contributed by atoms with E-state index in [0.717, 1.165) is 43.8 Å². The lowest BCUT2D eigenvalue weighted by molar-refractivity contribution is 0.543. The minimum Gasteiger partial charge on any atom is -0.461 e. The molecule has 0 amide bonds. The summed E-state index contributed by atoms with van der Waals surface area (Å²) >= 11 is 0. The Morgan fingerprint density at radius 2 is 2.12 bits per heavy atom. The Labute approximate surface area is 102 Å². The van der Waals surface area contributed by atoms with E-state index >= 15 is 0 Å². The van der Waals surface area contributed by atoms with E-state index in [0.29, 0.717) is 0 Å². The third-order valence-electron chi connectivity index (χ3n) is 2.96. The van der Waals surface area contributed by atoms with Crippen molar-refractivity contribution < 1.29 is 4.42 Å². The van der Waals surface area contributed by atoms with Gasteiger partial charge in [0.05, 0.1) is 0 Å². The second-order valence-electron chi connectivity index (χ2n) is 4.17. The van der Waals surface area contributed by atoms with Gasteiger partial charge in [0.2, 0.25) is 0 Å². The lowest BCUT2D eigenvalue weighted by Crippen LogP contribution is -2.18. The molecule has 1 aromatic heterocycles. The van der Waals surface area contributed by atoms with Crippen molar-refractivity contribution in [2.24, 2.45) is 5.73 Å². The van der Waals surface area contributed by atoms with E-state index in [2.05, 4.69) is 24.4 Å². The SMILES string of the molecule is CCc1oc2ccccc2c1CNCCCN. The minimum absolute atomic E-state index is 0.736. The van der Waals surface area contributed by atoms with Gasteiger partial charge < -0.3 is 15.5 Å². The maximum Gasteiger partial charge on any atom is 0.134 e. The normalized spacial score (nSPS) is 11.2. The molecule has 3 N–H and O–H groups in total. The van der Waals surface area contributed by atoms with Crippen LogP contribution >= 0.6 is 0 Å². The van der Waals surface area contributed by atoms with Gasteiger partial charge in [-0.2, -0.15) is 0 Å². The first-order valence-electron chi connectivity index (χ1n) is 6.27. The Morgan fingerprint density at radius 1 is 1.29 bits per heavy atom. The van der Waals surface area contributed by atoms with E-state index in [-0.39, 0.29) is 0 Å². The summed E-state index contributed by atoms with van der Waals surface area (Å²) in [7, 11) is 0. The fourth-order valence-corrected chi connectivity index (χ4v) is 2.07. The lowest BCUT2D eigenvalue weighted by atomic mass is 10.1. The molecule has 0 saturated heterocycles. The third kappa shape index (κ3) is 2.68. The number of nitrogens with one attached hydrogen (secondary N) is 1. The first-order valence-corrected chi connectivity index (χ1v) is 6.27. The molecule has 92 valence electrons. The van der Waals surface area contributed by atoms with Crippen molar-refractivity contribution in [2.75, 3.05) is 13.1 Å². The largest absolute Gasteiger partial charge is 0.461 e. The topological polar surface area (TPSA) is 51.2 Å². The number of hydrogen-bond acceptors (Lipinski definition) is 3. The second-order valence-corrected chi connectivity index (χ2v) is 4.17. The highest BCUT2D eigenvalue weighted by Crippen LogP contribution is 2.25. The van der Waals surface area contributed by atoms with Crippen LogP contribution in [0.25, 0.3) is 11.0 Å². The Balaban J connectivity index is 2.18. The van der Waals surface area contributed by atoms with Gasteiger partial charge in [0.25, 0.3) is 0 Å². The van der Waals surface area contributed by atoms with Crippen LogP contribution in [0.2, 0.25) is 0 Å². The zero-order chi connectivity index (χ0) is 12.1. The van der Waals surface area contributed by atoms with Crippen molar-refractivity contribution in [3.8, 4) is 0 Å². The van der Waals surface area contributed by atoms with E-state index in [1.807, 2.05) is 12.1 Å². The second kappa shape index (κ2) is 5.84. The van der Waals surface area contributed by atoms with Crippen LogP contribution in [0.3, 0.4) is 0 Å². The van der Waals surface area contributed by atoms with Gasteiger partial charge in [-0.15, -0.1) is 0 Å². The number of rotatable bonds is 6. The van der Waals surface area contributed by atoms with Crippen molar-refractivity contribution in [3.05, 3.63) is 35.6 Å². The van der Waals surface area contributed by atoms with Gasteiger partial charge in [-0.25, -0.2) is 0 Å². The van der Waals surface area contributed by atoms with E-state index in [4.69, 9.17) is 10.2 Å². The van der Waals surface area contributed by atoms with Crippen LogP contribution in [0.1, 0.15) is 24.7 Å². The summed E-state index contributed by atoms with van der Waals surface area (Å²) in [4.78, 5) is 0. The molecule has 0 atom stereocenters. The number of fused-ring (bicyclic) bond motifs is 1. The van der Waals surface area contributed by atoms with Gasteiger partial charge in [0.15, 0.2) is 0 Å². The molecule has 0 aliphatic rings. The first kappa shape index (κ1) is 12.1. The molecular formula is C14H20N2O. The van der Waals surface area contributed by atoms with Gasteiger partial charge in [-0.05, 0) is 25.6 Å². The number of benzene rings is 1. The van der Waals surface area contributed by atoms with Crippen molar-refractivity contribution in [1.82, 2.24) is 5.32 Å². The van der Waals surface area contributed by atoms with Crippen LogP contribution in [0, 0.1) is 0 Å². The average molecular weight is 232 g/mol. The third-order valence-corrected chi connectivity index (χ3v) is 2.96. The maximum atomic E-state index is 5.84. The van der Waals surface area contributed by atoms with Crippen LogP contribution < -0.4 is 11.1 Å². The summed E-state index contributed by atoms with van der Waals surface area (Å²) in [6.07, 6.45) is 1.94. The standard InChI is InChI=1S/C14H20N2O/c1-2-13-12(10-16-9-5-8-15)11-6-3-4-7-14(11)17-13/h3-4,6-7,16H,2,5,8-10,15H2,1H3. The zero-order valence-electron chi connectivity index (χ0n) is 10.3. The summed E-state index contributed by atoms with van der Waals surface area (Å²) < 4.78 is 5.84. The fraction of sp³-hybridized carbons (Fsp3) is 0.429. The molecule has 0 fully saturated rings. The van der Waals surface area contributed by atoms with Gasteiger partial charge in [0, 0.05) is 23.9 Å². The highest BCUT2D eigenvalue weighted by atomic mass is 16.3. The smallest absolute Gasteiger partial charge is 0.134 e. The molecular weight excluding hydrogens is 212 g/mol.